The average Bonchev–Trinajstić information content (AvgIpc) is 2.30. The number of hydrogen-bond donors (Lipinski definition) is 2. The highest BCUT2D eigenvalue weighted by atomic mass is 32.2. The summed E-state index contributed by atoms with van der Waals surface area (Å²) in [6, 6.07) is 6.12. The van der Waals surface area contributed by atoms with Crippen LogP contribution in [-0.4, -0.2) is 25.9 Å². The highest BCUT2D eigenvalue weighted by molar-refractivity contribution is 7.92. The van der Waals surface area contributed by atoms with Crippen LogP contribution in [0.2, 0.25) is 0 Å². The first-order valence-electron chi connectivity index (χ1n) is 5.26. The molecule has 0 saturated carbocycles. The maximum absolute atomic E-state index is 11.4. The van der Waals surface area contributed by atoms with Gasteiger partial charge in [-0.3, -0.25) is 4.72 Å². The van der Waals surface area contributed by atoms with Crippen LogP contribution in [0.5, 0.6) is 5.75 Å². The third-order valence-corrected chi connectivity index (χ3v) is 3.11. The fraction of sp³-hybridized carbons (Fsp3) is 0.364. The molecule has 1 aromatic carbocycles. The van der Waals surface area contributed by atoms with Gasteiger partial charge in [-0.2, -0.15) is 5.26 Å². The van der Waals surface area contributed by atoms with Crippen molar-refractivity contribution in [2.45, 2.75) is 13.5 Å². The molecule has 0 bridgehead atoms. The molecule has 0 atom stereocenters. The molecule has 0 amide bonds. The fourth-order valence-electron chi connectivity index (χ4n) is 1.36. The molecular weight excluding hydrogens is 256 g/mol. The van der Waals surface area contributed by atoms with E-state index in [0.717, 1.165) is 0 Å². The first kappa shape index (κ1) is 14.3. The van der Waals surface area contributed by atoms with Crippen molar-refractivity contribution >= 4 is 15.7 Å². The predicted octanol–water partition coefficient (Wildman–Crippen LogP) is 0.843. The van der Waals surface area contributed by atoms with E-state index >= 15 is 0 Å². The Morgan fingerprint density at radius 3 is 2.78 bits per heavy atom. The Morgan fingerprint density at radius 2 is 2.22 bits per heavy atom. The van der Waals surface area contributed by atoms with E-state index in [1.54, 1.807) is 12.1 Å². The number of sulfonamides is 1. The molecule has 0 spiro atoms. The fourth-order valence-corrected chi connectivity index (χ4v) is 2.09. The highest BCUT2D eigenvalue weighted by Crippen LogP contribution is 2.23. The van der Waals surface area contributed by atoms with Crippen molar-refractivity contribution in [3.05, 3.63) is 23.8 Å². The van der Waals surface area contributed by atoms with E-state index in [4.69, 9.17) is 15.1 Å². The number of aliphatic hydroxyl groups is 1. The van der Waals surface area contributed by atoms with Gasteiger partial charge in [0.1, 0.15) is 5.75 Å². The molecular formula is C11H14N2O4S. The third-order valence-electron chi connectivity index (χ3n) is 2.06. The minimum absolute atomic E-state index is 0.261. The minimum Gasteiger partial charge on any atom is -0.494 e. The summed E-state index contributed by atoms with van der Waals surface area (Å²) in [5.41, 5.74) is 0.770. The molecule has 0 heterocycles. The van der Waals surface area contributed by atoms with Crippen LogP contribution in [-0.2, 0) is 16.6 Å². The number of benzene rings is 1. The lowest BCUT2D eigenvalue weighted by molar-refractivity contribution is 0.267. The molecule has 0 saturated heterocycles. The number of ether oxygens (including phenoxy) is 1. The molecule has 0 aromatic heterocycles. The van der Waals surface area contributed by atoms with Crippen molar-refractivity contribution in [1.29, 1.82) is 5.26 Å². The molecule has 1 rings (SSSR count). The van der Waals surface area contributed by atoms with E-state index in [1.807, 2.05) is 6.92 Å². The molecule has 0 radical (unpaired) electrons. The number of nitrogens with zero attached hydrogens (tertiary/aromatic N) is 1. The van der Waals surface area contributed by atoms with Gasteiger partial charge in [-0.05, 0) is 25.1 Å². The summed E-state index contributed by atoms with van der Waals surface area (Å²) < 4.78 is 30.3. The zero-order chi connectivity index (χ0) is 13.6. The first-order chi connectivity index (χ1) is 8.52. The molecule has 2 N–H and O–H groups in total. The number of nitriles is 1. The van der Waals surface area contributed by atoms with E-state index in [-0.39, 0.29) is 12.3 Å². The Hall–Kier alpha value is -1.78. The molecule has 98 valence electrons. The average molecular weight is 270 g/mol. The summed E-state index contributed by atoms with van der Waals surface area (Å²) in [5, 5.41) is 17.5. The quantitative estimate of drug-likeness (QED) is 0.798. The number of aliphatic hydroxyl groups excluding tert-OH is 1. The van der Waals surface area contributed by atoms with Crippen molar-refractivity contribution in [3.8, 4) is 11.8 Å². The first-order valence-corrected chi connectivity index (χ1v) is 6.91. The number of anilines is 1. The molecule has 0 aliphatic carbocycles. The number of rotatable bonds is 6. The SMILES string of the molecule is CCOc1ccc(NS(=O)(=O)CC#N)cc1CO. The summed E-state index contributed by atoms with van der Waals surface area (Å²) in [7, 11) is -3.67. The molecule has 7 heteroatoms. The third kappa shape index (κ3) is 3.91. The Bertz CT molecular complexity index is 549. The summed E-state index contributed by atoms with van der Waals surface area (Å²) in [5.74, 6) is -0.113. The second kappa shape index (κ2) is 6.23. The molecule has 6 nitrogen and oxygen atoms in total. The van der Waals surface area contributed by atoms with E-state index in [0.29, 0.717) is 17.9 Å². The summed E-state index contributed by atoms with van der Waals surface area (Å²) in [6.45, 7) is 2.00. The Morgan fingerprint density at radius 1 is 1.50 bits per heavy atom. The smallest absolute Gasteiger partial charge is 0.246 e. The van der Waals surface area contributed by atoms with Gasteiger partial charge in [-0.25, -0.2) is 8.42 Å². The summed E-state index contributed by atoms with van der Waals surface area (Å²) in [4.78, 5) is 0. The van der Waals surface area contributed by atoms with Crippen LogP contribution in [0, 0.1) is 11.3 Å². The Kier molecular flexibility index (Phi) is 4.95. The molecule has 18 heavy (non-hydrogen) atoms. The van der Waals surface area contributed by atoms with Gasteiger partial charge in [0.05, 0.1) is 19.3 Å². The zero-order valence-electron chi connectivity index (χ0n) is 9.88. The van der Waals surface area contributed by atoms with Crippen molar-refractivity contribution in [3.63, 3.8) is 0 Å². The topological polar surface area (TPSA) is 99.4 Å². The zero-order valence-corrected chi connectivity index (χ0v) is 10.7. The van der Waals surface area contributed by atoms with Gasteiger partial charge in [-0.15, -0.1) is 0 Å². The molecule has 0 fully saturated rings. The van der Waals surface area contributed by atoms with Crippen LogP contribution in [0.3, 0.4) is 0 Å². The lowest BCUT2D eigenvalue weighted by atomic mass is 10.2. The minimum atomic E-state index is -3.67. The van der Waals surface area contributed by atoms with Crippen LogP contribution in [0.15, 0.2) is 18.2 Å². The summed E-state index contributed by atoms with van der Waals surface area (Å²) in [6.07, 6.45) is 0. The highest BCUT2D eigenvalue weighted by Gasteiger charge is 2.11. The van der Waals surface area contributed by atoms with Crippen LogP contribution in [0.4, 0.5) is 5.69 Å². The Balaban J connectivity index is 2.96. The molecule has 1 aromatic rings. The standard InChI is InChI=1S/C11H14N2O4S/c1-2-17-11-4-3-10(7-9(11)8-14)13-18(15,16)6-5-12/h3-4,7,13-14H,2,6,8H2,1H3. The monoisotopic (exact) mass is 270 g/mol. The van der Waals surface area contributed by atoms with Crippen molar-refractivity contribution in [2.75, 3.05) is 17.1 Å². The van der Waals surface area contributed by atoms with Gasteiger partial charge < -0.3 is 9.84 Å². The van der Waals surface area contributed by atoms with E-state index in [1.165, 1.54) is 12.1 Å². The maximum atomic E-state index is 11.4. The van der Waals surface area contributed by atoms with E-state index in [9.17, 15) is 8.42 Å². The number of nitrogens with one attached hydrogen (secondary N) is 1. The molecule has 0 aliphatic heterocycles. The van der Waals surface area contributed by atoms with Gasteiger partial charge in [0.25, 0.3) is 0 Å². The lowest BCUT2D eigenvalue weighted by Gasteiger charge is -2.11. The Labute approximate surface area is 106 Å². The van der Waals surface area contributed by atoms with Crippen LogP contribution in [0.25, 0.3) is 0 Å². The largest absolute Gasteiger partial charge is 0.494 e. The number of hydrogen-bond acceptors (Lipinski definition) is 5. The predicted molar refractivity (Wildman–Crippen MR) is 66.6 cm³/mol. The van der Waals surface area contributed by atoms with Gasteiger partial charge in [0, 0.05) is 11.3 Å². The van der Waals surface area contributed by atoms with E-state index < -0.39 is 15.8 Å². The molecule has 0 aliphatic rings. The second-order valence-electron chi connectivity index (χ2n) is 3.43. The van der Waals surface area contributed by atoms with Crippen molar-refractivity contribution < 1.29 is 18.3 Å². The van der Waals surface area contributed by atoms with Crippen LogP contribution in [0.1, 0.15) is 12.5 Å². The van der Waals surface area contributed by atoms with Crippen LogP contribution < -0.4 is 9.46 Å². The van der Waals surface area contributed by atoms with Crippen molar-refractivity contribution in [2.24, 2.45) is 0 Å². The van der Waals surface area contributed by atoms with Gasteiger partial charge in [0.15, 0.2) is 5.75 Å². The normalized spacial score (nSPS) is 10.7. The van der Waals surface area contributed by atoms with Crippen molar-refractivity contribution in [1.82, 2.24) is 0 Å². The van der Waals surface area contributed by atoms with E-state index in [2.05, 4.69) is 4.72 Å². The van der Waals surface area contributed by atoms with Gasteiger partial charge in [-0.1, -0.05) is 0 Å². The summed E-state index contributed by atoms with van der Waals surface area (Å²) >= 11 is 0. The lowest BCUT2D eigenvalue weighted by Crippen LogP contribution is -2.15. The van der Waals surface area contributed by atoms with Gasteiger partial charge in [0.2, 0.25) is 10.0 Å². The maximum Gasteiger partial charge on any atom is 0.246 e. The second-order valence-corrected chi connectivity index (χ2v) is 5.16. The van der Waals surface area contributed by atoms with Crippen LogP contribution >= 0.6 is 0 Å². The van der Waals surface area contributed by atoms with Gasteiger partial charge >= 0.3 is 0 Å². The molecule has 0 unspecified atom stereocenters.